The van der Waals surface area contributed by atoms with Gasteiger partial charge in [0.05, 0.1) is 44.2 Å². The van der Waals surface area contributed by atoms with Crippen molar-refractivity contribution in [3.05, 3.63) is 85.1 Å². The lowest BCUT2D eigenvalue weighted by Crippen LogP contribution is -2.29. The summed E-state index contributed by atoms with van der Waals surface area (Å²) in [5.41, 5.74) is 5.34. The number of phosphoric acid groups is 1. The predicted molar refractivity (Wildman–Crippen MR) is 234 cm³/mol. The second-order valence-corrected chi connectivity index (χ2v) is 15.8. The van der Waals surface area contributed by atoms with E-state index in [1.54, 1.807) is 43.4 Å². The van der Waals surface area contributed by atoms with E-state index in [1.807, 2.05) is 18.2 Å². The summed E-state index contributed by atoms with van der Waals surface area (Å²) < 4.78 is 33.1. The Balaban J connectivity index is 4.49. The molecule has 7 N–H and O–H groups in total. The predicted octanol–water partition coefficient (Wildman–Crippen LogP) is 8.41. The first-order valence-corrected chi connectivity index (χ1v) is 23.0. The van der Waals surface area contributed by atoms with Gasteiger partial charge in [-0.05, 0) is 58.3 Å². The van der Waals surface area contributed by atoms with Gasteiger partial charge in [-0.15, -0.1) is 0 Å². The largest absolute Gasteiger partial charge is 0.472 e. The van der Waals surface area contributed by atoms with E-state index in [4.69, 9.17) is 24.3 Å². The zero-order valence-corrected chi connectivity index (χ0v) is 36.3. The molecule has 0 bridgehead atoms. The molecule has 0 saturated heterocycles. The van der Waals surface area contributed by atoms with E-state index in [0.29, 0.717) is 19.4 Å². The maximum atomic E-state index is 12.6. The molecule has 334 valence electrons. The van der Waals surface area contributed by atoms with Crippen LogP contribution in [0.3, 0.4) is 0 Å². The van der Waals surface area contributed by atoms with Gasteiger partial charge < -0.3 is 40.5 Å². The molecule has 0 aromatic carbocycles. The zero-order valence-electron chi connectivity index (χ0n) is 35.4. The van der Waals surface area contributed by atoms with Gasteiger partial charge in [0.2, 0.25) is 0 Å². The van der Waals surface area contributed by atoms with E-state index in [2.05, 4.69) is 19.1 Å². The molecule has 0 aliphatic heterocycles. The molecule has 6 unspecified atom stereocenters. The maximum absolute atomic E-state index is 12.6. The van der Waals surface area contributed by atoms with Crippen LogP contribution in [0.1, 0.15) is 129 Å². The summed E-state index contributed by atoms with van der Waals surface area (Å²) in [6.07, 6.45) is 38.3. The lowest BCUT2D eigenvalue weighted by molar-refractivity contribution is -0.155. The molecule has 58 heavy (non-hydrogen) atoms. The van der Waals surface area contributed by atoms with Crippen LogP contribution in [-0.4, -0.2) is 94.8 Å². The Hall–Kier alpha value is -2.48. The lowest BCUT2D eigenvalue weighted by Gasteiger charge is -2.20. The maximum Gasteiger partial charge on any atom is 0.472 e. The molecule has 0 spiro atoms. The molecule has 12 nitrogen and oxygen atoms in total. The van der Waals surface area contributed by atoms with Crippen LogP contribution in [0.5, 0.6) is 0 Å². The topological polar surface area (TPSA) is 198 Å². The van der Waals surface area contributed by atoms with Crippen LogP contribution in [0.15, 0.2) is 85.1 Å². The van der Waals surface area contributed by atoms with Gasteiger partial charge in [0.25, 0.3) is 0 Å². The second-order valence-electron chi connectivity index (χ2n) is 14.3. The third-order valence-corrected chi connectivity index (χ3v) is 9.56. The Morgan fingerprint density at radius 3 is 1.97 bits per heavy atom. The van der Waals surface area contributed by atoms with Crippen LogP contribution < -0.4 is 5.73 Å². The van der Waals surface area contributed by atoms with Crippen molar-refractivity contribution < 1.29 is 53.2 Å². The summed E-state index contributed by atoms with van der Waals surface area (Å²) in [6, 6.07) is 0. The van der Waals surface area contributed by atoms with Crippen molar-refractivity contribution in [1.29, 1.82) is 0 Å². The molecule has 13 heteroatoms. The minimum absolute atomic E-state index is 0.0224. The van der Waals surface area contributed by atoms with E-state index < -0.39 is 50.9 Å². The number of hydrogen-bond acceptors (Lipinski definition) is 11. The van der Waals surface area contributed by atoms with Crippen LogP contribution in [0, 0.1) is 0 Å². The average molecular weight is 840 g/mol. The van der Waals surface area contributed by atoms with E-state index in [1.165, 1.54) is 82.4 Å². The van der Waals surface area contributed by atoms with Crippen LogP contribution >= 0.6 is 7.82 Å². The fraction of sp³-hybridized carbons (Fsp3) is 0.667. The zero-order chi connectivity index (χ0) is 43.0. The smallest absolute Gasteiger partial charge is 0.457 e. The highest BCUT2D eigenvalue weighted by atomic mass is 31.2. The molecule has 0 heterocycles. The first-order valence-electron chi connectivity index (χ1n) is 21.5. The summed E-state index contributed by atoms with van der Waals surface area (Å²) in [6.45, 7) is 3.75. The number of carbonyl (C=O) groups is 1. The van der Waals surface area contributed by atoms with Crippen LogP contribution in [0.4, 0.5) is 0 Å². The Bertz CT molecular complexity index is 1230. The van der Waals surface area contributed by atoms with Crippen molar-refractivity contribution >= 4 is 13.8 Å². The summed E-state index contributed by atoms with van der Waals surface area (Å²) in [7, 11) is -4.40. The van der Waals surface area contributed by atoms with Crippen molar-refractivity contribution in [3.63, 3.8) is 0 Å². The van der Waals surface area contributed by atoms with Gasteiger partial charge in [0.1, 0.15) is 6.10 Å². The second kappa shape index (κ2) is 40.0. The number of ether oxygens (including phenoxy) is 2. The number of hydrogen-bond donors (Lipinski definition) is 6. The normalized spacial score (nSPS) is 16.5. The molecule has 0 fully saturated rings. The molecule has 0 aliphatic carbocycles. The van der Waals surface area contributed by atoms with Crippen molar-refractivity contribution in [2.45, 2.75) is 160 Å². The molecule has 6 atom stereocenters. The first-order chi connectivity index (χ1) is 28.0. The fourth-order valence-electron chi connectivity index (χ4n) is 5.34. The van der Waals surface area contributed by atoms with Crippen molar-refractivity contribution in [3.8, 4) is 0 Å². The number of aliphatic hydroxyl groups excluding tert-OH is 4. The van der Waals surface area contributed by atoms with Gasteiger partial charge in [0, 0.05) is 19.6 Å². The number of esters is 1. The quantitative estimate of drug-likeness (QED) is 0.0114. The van der Waals surface area contributed by atoms with E-state index in [9.17, 15) is 34.7 Å². The molecule has 0 aromatic rings. The summed E-state index contributed by atoms with van der Waals surface area (Å²) in [5, 5.41) is 39.7. The Kier molecular flexibility index (Phi) is 38.2. The summed E-state index contributed by atoms with van der Waals surface area (Å²) in [5.74, 6) is -0.651. The van der Waals surface area contributed by atoms with Gasteiger partial charge in [-0.25, -0.2) is 4.57 Å². The summed E-state index contributed by atoms with van der Waals surface area (Å²) in [4.78, 5) is 22.5. The van der Waals surface area contributed by atoms with Crippen LogP contribution in [-0.2, 0) is 27.9 Å². The summed E-state index contributed by atoms with van der Waals surface area (Å²) >= 11 is 0. The minimum atomic E-state index is -4.40. The highest BCUT2D eigenvalue weighted by Gasteiger charge is 2.25. The van der Waals surface area contributed by atoms with E-state index in [-0.39, 0.29) is 32.6 Å². The van der Waals surface area contributed by atoms with Gasteiger partial charge in [-0.3, -0.25) is 13.8 Å². The number of carbonyl (C=O) groups excluding carboxylic acids is 1. The lowest BCUT2D eigenvalue weighted by atomic mass is 10.1. The van der Waals surface area contributed by atoms with Gasteiger partial charge in [-0.2, -0.15) is 0 Å². The fourth-order valence-corrected chi connectivity index (χ4v) is 6.11. The molecule has 0 rings (SSSR count). The number of rotatable bonds is 39. The molecular weight excluding hydrogens is 761 g/mol. The van der Waals surface area contributed by atoms with Crippen molar-refractivity contribution in [2.24, 2.45) is 5.73 Å². The Morgan fingerprint density at radius 2 is 1.31 bits per heavy atom. The SMILES string of the molecule is CCCCCCCC/C=C\CCCCCCCCOCC(COP(=O)(O)OCCN)OC(=O)CCC(O)/C=C/C(O)/C=C/C=C/C=C\C(O)C/C=C/C/C=C\C(C)O. The monoisotopic (exact) mass is 840 g/mol. The van der Waals surface area contributed by atoms with Gasteiger partial charge in [-0.1, -0.05) is 150 Å². The standard InChI is InChI=1S/C45H78NO11P/c1-3-4-5-6-7-8-9-10-11-12-13-14-15-16-21-26-36-54-38-44(39-56-58(52,53)55-37-35-46)57-45(51)34-33-43(50)32-31-42(49)30-25-20-19-24-29-41(48)28-23-18-17-22-27-40(2)47/h10-11,18-20,22-25,27,29-32,40-44,47-50H,3-9,12-17,21,26,28,33-39,46H2,1-2H3,(H,52,53)/b11-10-,20-19+,23-18+,27-22-,29-24-,30-25+,32-31+. The molecular formula is C45H78NO11P. The first kappa shape index (κ1) is 55.5. The van der Waals surface area contributed by atoms with Gasteiger partial charge in [0.15, 0.2) is 0 Å². The highest BCUT2D eigenvalue weighted by molar-refractivity contribution is 7.47. The van der Waals surface area contributed by atoms with Crippen molar-refractivity contribution in [1.82, 2.24) is 0 Å². The van der Waals surface area contributed by atoms with E-state index >= 15 is 0 Å². The van der Waals surface area contributed by atoms with Crippen LogP contribution in [0.2, 0.25) is 0 Å². The Morgan fingerprint density at radius 1 is 0.672 bits per heavy atom. The molecule has 0 saturated carbocycles. The number of phosphoric ester groups is 1. The Labute approximate surface area is 349 Å². The number of aliphatic hydroxyl groups is 4. The number of nitrogens with two attached hydrogens (primary N) is 1. The minimum Gasteiger partial charge on any atom is -0.457 e. The average Bonchev–Trinajstić information content (AvgIpc) is 3.19. The third-order valence-electron chi connectivity index (χ3n) is 8.58. The molecule has 0 aromatic heterocycles. The van der Waals surface area contributed by atoms with E-state index in [0.717, 1.165) is 25.7 Å². The highest BCUT2D eigenvalue weighted by Crippen LogP contribution is 2.43. The number of allylic oxidation sites excluding steroid dienone is 8. The molecule has 0 amide bonds. The molecule has 0 aliphatic rings. The van der Waals surface area contributed by atoms with Crippen LogP contribution in [0.25, 0.3) is 0 Å². The van der Waals surface area contributed by atoms with Gasteiger partial charge >= 0.3 is 13.8 Å². The number of unbranched alkanes of at least 4 members (excludes halogenated alkanes) is 12. The molecule has 0 radical (unpaired) electrons. The third kappa shape index (κ3) is 40.3. The van der Waals surface area contributed by atoms with Crippen molar-refractivity contribution in [2.75, 3.05) is 33.0 Å².